The van der Waals surface area contributed by atoms with E-state index in [1.165, 1.54) is 43.9 Å². The lowest BCUT2D eigenvalue weighted by Gasteiger charge is -2.21. The molecule has 3 rings (SSSR count). The quantitative estimate of drug-likeness (QED) is 0.546. The van der Waals surface area contributed by atoms with Gasteiger partial charge in [0.1, 0.15) is 0 Å². The van der Waals surface area contributed by atoms with Gasteiger partial charge in [-0.15, -0.1) is 0 Å². The van der Waals surface area contributed by atoms with Gasteiger partial charge < -0.3 is 10.1 Å². The van der Waals surface area contributed by atoms with Crippen LogP contribution in [0.15, 0.2) is 34.2 Å². The molecule has 6 nitrogen and oxygen atoms in total. The van der Waals surface area contributed by atoms with Gasteiger partial charge in [0, 0.05) is 13.2 Å². The van der Waals surface area contributed by atoms with Crippen LogP contribution in [0.3, 0.4) is 0 Å². The van der Waals surface area contributed by atoms with Crippen molar-refractivity contribution in [1.82, 2.24) is 14.9 Å². The molecule has 1 unspecified atom stereocenters. The number of para-hydroxylation sites is 1. The number of amides is 1. The average molecular weight is 418 g/mol. The minimum Gasteiger partial charge on any atom is -0.383 e. The van der Waals surface area contributed by atoms with E-state index in [1.807, 2.05) is 25.1 Å². The SMILES string of the molecule is COCC(C)n1c(SCC(=O)NC2CCCCCCC2)nc2ccccc2c1=O. The summed E-state index contributed by atoms with van der Waals surface area (Å²) in [5.74, 6) is 0.259. The lowest BCUT2D eigenvalue weighted by Crippen LogP contribution is -2.36. The molecule has 1 atom stereocenters. The van der Waals surface area contributed by atoms with E-state index in [1.54, 1.807) is 17.7 Å². The Morgan fingerprint density at radius 2 is 1.93 bits per heavy atom. The molecule has 7 heteroatoms. The van der Waals surface area contributed by atoms with Crippen LogP contribution in [0.5, 0.6) is 0 Å². The molecular formula is C22H31N3O3S. The number of ether oxygens (including phenoxy) is 1. The fourth-order valence-corrected chi connectivity index (χ4v) is 4.84. The maximum Gasteiger partial charge on any atom is 0.262 e. The summed E-state index contributed by atoms with van der Waals surface area (Å²) in [6.45, 7) is 2.34. The predicted molar refractivity (Wildman–Crippen MR) is 118 cm³/mol. The van der Waals surface area contributed by atoms with Gasteiger partial charge in [-0.25, -0.2) is 4.98 Å². The summed E-state index contributed by atoms with van der Waals surface area (Å²) in [5, 5.41) is 4.33. The Morgan fingerprint density at radius 1 is 1.24 bits per heavy atom. The fraction of sp³-hybridized carbons (Fsp3) is 0.591. The summed E-state index contributed by atoms with van der Waals surface area (Å²) in [4.78, 5) is 30.3. The third-order valence-corrected chi connectivity index (χ3v) is 6.38. The van der Waals surface area contributed by atoms with Crippen LogP contribution in [0.1, 0.15) is 57.9 Å². The number of thioether (sulfide) groups is 1. The van der Waals surface area contributed by atoms with Crippen LogP contribution >= 0.6 is 11.8 Å². The molecule has 1 aromatic carbocycles. The highest BCUT2D eigenvalue weighted by molar-refractivity contribution is 7.99. The smallest absolute Gasteiger partial charge is 0.262 e. The van der Waals surface area contributed by atoms with Crippen molar-refractivity contribution in [2.75, 3.05) is 19.5 Å². The Bertz CT molecular complexity index is 875. The molecule has 0 aliphatic heterocycles. The first kappa shape index (κ1) is 21.8. The van der Waals surface area contributed by atoms with Gasteiger partial charge in [-0.05, 0) is 31.9 Å². The van der Waals surface area contributed by atoms with Crippen LogP contribution in [-0.4, -0.2) is 41.0 Å². The number of aromatic nitrogens is 2. The molecule has 0 radical (unpaired) electrons. The van der Waals surface area contributed by atoms with E-state index in [4.69, 9.17) is 4.74 Å². The van der Waals surface area contributed by atoms with Gasteiger partial charge in [0.2, 0.25) is 5.91 Å². The van der Waals surface area contributed by atoms with Gasteiger partial charge in [0.25, 0.3) is 5.56 Å². The zero-order valence-electron chi connectivity index (χ0n) is 17.4. The molecule has 2 aromatic rings. The van der Waals surface area contributed by atoms with Crippen molar-refractivity contribution < 1.29 is 9.53 Å². The predicted octanol–water partition coefficient (Wildman–Crippen LogP) is 3.93. The second kappa shape index (κ2) is 10.8. The molecule has 0 spiro atoms. The number of nitrogens with one attached hydrogen (secondary N) is 1. The largest absolute Gasteiger partial charge is 0.383 e. The molecule has 1 aliphatic rings. The minimum absolute atomic E-state index is 0.00826. The van der Waals surface area contributed by atoms with E-state index >= 15 is 0 Å². The Morgan fingerprint density at radius 3 is 2.66 bits per heavy atom. The molecule has 1 saturated carbocycles. The van der Waals surface area contributed by atoms with Crippen molar-refractivity contribution in [3.63, 3.8) is 0 Å². The van der Waals surface area contributed by atoms with Gasteiger partial charge in [-0.3, -0.25) is 14.2 Å². The Hall–Kier alpha value is -1.86. The number of fused-ring (bicyclic) bond motifs is 1. The van der Waals surface area contributed by atoms with E-state index in [-0.39, 0.29) is 29.3 Å². The third kappa shape index (κ3) is 5.82. The summed E-state index contributed by atoms with van der Waals surface area (Å²) in [5.41, 5.74) is 0.560. The van der Waals surface area contributed by atoms with E-state index in [0.717, 1.165) is 12.8 Å². The first-order valence-electron chi connectivity index (χ1n) is 10.5. The molecule has 0 bridgehead atoms. The highest BCUT2D eigenvalue weighted by Crippen LogP contribution is 2.22. The molecular weight excluding hydrogens is 386 g/mol. The monoisotopic (exact) mass is 417 g/mol. The molecule has 29 heavy (non-hydrogen) atoms. The van der Waals surface area contributed by atoms with Crippen LogP contribution in [0.2, 0.25) is 0 Å². The lowest BCUT2D eigenvalue weighted by atomic mass is 9.97. The fourth-order valence-electron chi connectivity index (χ4n) is 3.93. The van der Waals surface area contributed by atoms with Crippen LogP contribution in [0.4, 0.5) is 0 Å². The van der Waals surface area contributed by atoms with Crippen molar-refractivity contribution >= 4 is 28.6 Å². The maximum atomic E-state index is 13.1. The van der Waals surface area contributed by atoms with Crippen molar-refractivity contribution in [3.05, 3.63) is 34.6 Å². The van der Waals surface area contributed by atoms with Gasteiger partial charge in [-0.1, -0.05) is 56.0 Å². The van der Waals surface area contributed by atoms with E-state index in [0.29, 0.717) is 22.7 Å². The zero-order chi connectivity index (χ0) is 20.6. The molecule has 1 heterocycles. The van der Waals surface area contributed by atoms with Crippen molar-refractivity contribution in [1.29, 1.82) is 0 Å². The molecule has 0 saturated heterocycles. The highest BCUT2D eigenvalue weighted by Gasteiger charge is 2.19. The maximum absolute atomic E-state index is 13.1. The number of hydrogen-bond acceptors (Lipinski definition) is 5. The van der Waals surface area contributed by atoms with Crippen LogP contribution in [0, 0.1) is 0 Å². The third-order valence-electron chi connectivity index (χ3n) is 5.43. The zero-order valence-corrected chi connectivity index (χ0v) is 18.2. The summed E-state index contributed by atoms with van der Waals surface area (Å²) in [6, 6.07) is 7.43. The van der Waals surface area contributed by atoms with E-state index < -0.39 is 0 Å². The molecule has 1 aliphatic carbocycles. The van der Waals surface area contributed by atoms with Gasteiger partial charge in [-0.2, -0.15) is 0 Å². The van der Waals surface area contributed by atoms with Crippen molar-refractivity contribution in [2.24, 2.45) is 0 Å². The topological polar surface area (TPSA) is 73.2 Å². The van der Waals surface area contributed by atoms with Crippen molar-refractivity contribution in [3.8, 4) is 0 Å². The molecule has 1 amide bonds. The van der Waals surface area contributed by atoms with Crippen LogP contribution in [0.25, 0.3) is 10.9 Å². The number of hydrogen-bond donors (Lipinski definition) is 1. The van der Waals surface area contributed by atoms with E-state index in [2.05, 4.69) is 10.3 Å². The molecule has 1 aromatic heterocycles. The van der Waals surface area contributed by atoms with Gasteiger partial charge >= 0.3 is 0 Å². The Kier molecular flexibility index (Phi) is 8.12. The van der Waals surface area contributed by atoms with Crippen LogP contribution in [-0.2, 0) is 9.53 Å². The van der Waals surface area contributed by atoms with E-state index in [9.17, 15) is 9.59 Å². The van der Waals surface area contributed by atoms with Gasteiger partial charge in [0.05, 0.1) is 29.3 Å². The summed E-state index contributed by atoms with van der Waals surface area (Å²) >= 11 is 1.32. The number of benzene rings is 1. The number of carbonyl (C=O) groups is 1. The van der Waals surface area contributed by atoms with Crippen molar-refractivity contribution in [2.45, 2.75) is 69.1 Å². The number of methoxy groups -OCH3 is 1. The standard InChI is InChI=1S/C22H31N3O3S/c1-16(14-28-2)25-21(27)18-12-8-9-13-19(18)24-22(25)29-15-20(26)23-17-10-6-4-3-5-7-11-17/h8-9,12-13,16-17H,3-7,10-11,14-15H2,1-2H3,(H,23,26). The molecule has 158 valence electrons. The van der Waals surface area contributed by atoms with Gasteiger partial charge in [0.15, 0.2) is 5.16 Å². The molecule has 1 N–H and O–H groups in total. The first-order chi connectivity index (χ1) is 14.1. The van der Waals surface area contributed by atoms with Crippen LogP contribution < -0.4 is 10.9 Å². The number of nitrogens with zero attached hydrogens (tertiary/aromatic N) is 2. The Balaban J connectivity index is 1.75. The second-order valence-electron chi connectivity index (χ2n) is 7.79. The summed E-state index contributed by atoms with van der Waals surface area (Å²) < 4.78 is 6.90. The normalized spacial score (nSPS) is 16.9. The number of carbonyl (C=O) groups excluding carboxylic acids is 1. The highest BCUT2D eigenvalue weighted by atomic mass is 32.2. The Labute approximate surface area is 176 Å². The first-order valence-corrected chi connectivity index (χ1v) is 11.5. The minimum atomic E-state index is -0.166. The average Bonchev–Trinajstić information content (AvgIpc) is 2.68. The molecule has 1 fully saturated rings. The summed E-state index contributed by atoms with van der Waals surface area (Å²) in [7, 11) is 1.62. The summed E-state index contributed by atoms with van der Waals surface area (Å²) in [6.07, 6.45) is 8.29. The number of rotatable bonds is 7. The lowest BCUT2D eigenvalue weighted by molar-refractivity contribution is -0.119. The second-order valence-corrected chi connectivity index (χ2v) is 8.73.